The Morgan fingerprint density at radius 3 is 2.77 bits per heavy atom. The summed E-state index contributed by atoms with van der Waals surface area (Å²) in [6, 6.07) is 10.9. The van der Waals surface area contributed by atoms with Crippen molar-refractivity contribution in [3.05, 3.63) is 53.7 Å². The Labute approximate surface area is 176 Å². The van der Waals surface area contributed by atoms with Gasteiger partial charge in [-0.1, -0.05) is 6.07 Å². The van der Waals surface area contributed by atoms with E-state index >= 15 is 0 Å². The fourth-order valence-electron chi connectivity index (χ4n) is 3.47. The summed E-state index contributed by atoms with van der Waals surface area (Å²) in [6.07, 6.45) is 4.75. The first-order valence-electron chi connectivity index (χ1n) is 9.93. The number of piperidine rings is 1. The lowest BCUT2D eigenvalue weighted by molar-refractivity contribution is -0.130. The number of benzene rings is 1. The van der Waals surface area contributed by atoms with E-state index in [-0.39, 0.29) is 17.7 Å². The minimum atomic E-state index is -0.259. The zero-order chi connectivity index (χ0) is 21.5. The topological polar surface area (TPSA) is 80.8 Å². The molecule has 1 aromatic heterocycles. The molecular weight excluding hydrogens is 382 g/mol. The number of nitrogens with one attached hydrogen (secondary N) is 1. The van der Waals surface area contributed by atoms with Gasteiger partial charge in [0.15, 0.2) is 0 Å². The van der Waals surface area contributed by atoms with E-state index in [4.69, 9.17) is 9.47 Å². The summed E-state index contributed by atoms with van der Waals surface area (Å²) < 4.78 is 10.6. The number of carbonyl (C=O) groups excluding carboxylic acids is 2. The van der Waals surface area contributed by atoms with Gasteiger partial charge in [0, 0.05) is 30.4 Å². The Morgan fingerprint density at radius 1 is 1.20 bits per heavy atom. The van der Waals surface area contributed by atoms with E-state index in [2.05, 4.69) is 10.3 Å². The summed E-state index contributed by atoms with van der Waals surface area (Å²) >= 11 is 0. The summed E-state index contributed by atoms with van der Waals surface area (Å²) in [5, 5.41) is 2.86. The Morgan fingerprint density at radius 2 is 2.03 bits per heavy atom. The highest BCUT2D eigenvalue weighted by atomic mass is 16.5. The number of rotatable bonds is 6. The van der Waals surface area contributed by atoms with Crippen molar-refractivity contribution in [3.8, 4) is 11.5 Å². The molecule has 1 N–H and O–H groups in total. The highest BCUT2D eigenvalue weighted by Gasteiger charge is 2.27. The molecule has 30 heavy (non-hydrogen) atoms. The monoisotopic (exact) mass is 409 g/mol. The largest absolute Gasteiger partial charge is 0.497 e. The molecule has 0 aliphatic carbocycles. The molecule has 7 heteroatoms. The third kappa shape index (κ3) is 5.37. The molecule has 0 radical (unpaired) electrons. The molecule has 2 aromatic rings. The zero-order valence-electron chi connectivity index (χ0n) is 17.6. The number of ether oxygens (including phenoxy) is 2. The van der Waals surface area contributed by atoms with Crippen molar-refractivity contribution in [3.63, 3.8) is 0 Å². The Balaban J connectivity index is 1.64. The number of amides is 2. The number of aromatic nitrogens is 1. The third-order valence-corrected chi connectivity index (χ3v) is 5.09. The van der Waals surface area contributed by atoms with Gasteiger partial charge >= 0.3 is 0 Å². The maximum atomic E-state index is 12.7. The van der Waals surface area contributed by atoms with Gasteiger partial charge in [-0.25, -0.2) is 4.98 Å². The van der Waals surface area contributed by atoms with Crippen molar-refractivity contribution in [1.82, 2.24) is 9.88 Å². The van der Waals surface area contributed by atoms with Crippen molar-refractivity contribution < 1.29 is 19.1 Å². The number of hydrogen-bond donors (Lipinski definition) is 1. The highest BCUT2D eigenvalue weighted by molar-refractivity contribution is 5.94. The van der Waals surface area contributed by atoms with E-state index in [0.717, 1.165) is 24.1 Å². The van der Waals surface area contributed by atoms with Gasteiger partial charge in [-0.05, 0) is 56.2 Å². The van der Waals surface area contributed by atoms with Crippen LogP contribution in [0.4, 0.5) is 5.82 Å². The van der Waals surface area contributed by atoms with Gasteiger partial charge in [0.05, 0.1) is 20.1 Å². The van der Waals surface area contributed by atoms with Crippen LogP contribution < -0.4 is 14.8 Å². The summed E-state index contributed by atoms with van der Waals surface area (Å²) in [5.41, 5.74) is 1.59. The summed E-state index contributed by atoms with van der Waals surface area (Å²) in [6.45, 7) is 2.89. The molecule has 1 aliphatic heterocycles. The molecule has 0 saturated carbocycles. The second-order valence-corrected chi connectivity index (χ2v) is 7.22. The van der Waals surface area contributed by atoms with Gasteiger partial charge in [0.25, 0.3) is 0 Å². The maximum absolute atomic E-state index is 12.7. The van der Waals surface area contributed by atoms with E-state index < -0.39 is 0 Å². The quantitative estimate of drug-likeness (QED) is 0.741. The number of carbonyl (C=O) groups is 2. The third-order valence-electron chi connectivity index (χ3n) is 5.09. The SMILES string of the molecule is COc1ccc(OC)c(C=CC(=O)N2CCCC(C(=O)Nc3cccc(C)n3)C2)c1. The average molecular weight is 409 g/mol. The standard InChI is InChI=1S/C23H27N3O4/c1-16-6-4-8-21(24-16)25-23(28)18-7-5-13-26(15-18)22(27)12-9-17-14-19(29-2)10-11-20(17)30-3/h4,6,8-12,14,18H,5,7,13,15H2,1-3H3,(H,24,25,28). The van der Waals surface area contributed by atoms with Gasteiger partial charge in [0.2, 0.25) is 11.8 Å². The van der Waals surface area contributed by atoms with Crippen LogP contribution in [0.3, 0.4) is 0 Å². The van der Waals surface area contributed by atoms with Crippen molar-refractivity contribution in [2.75, 3.05) is 32.6 Å². The molecule has 1 saturated heterocycles. The molecule has 1 aliphatic rings. The predicted molar refractivity (Wildman–Crippen MR) is 115 cm³/mol. The summed E-state index contributed by atoms with van der Waals surface area (Å²) in [5.74, 6) is 1.37. The molecule has 1 atom stereocenters. The molecule has 1 aromatic carbocycles. The van der Waals surface area contributed by atoms with Crippen molar-refractivity contribution in [2.24, 2.45) is 5.92 Å². The maximum Gasteiger partial charge on any atom is 0.246 e. The first-order valence-corrected chi connectivity index (χ1v) is 9.93. The molecule has 1 fully saturated rings. The number of aryl methyl sites for hydroxylation is 1. The highest BCUT2D eigenvalue weighted by Crippen LogP contribution is 2.25. The van der Waals surface area contributed by atoms with Crippen LogP contribution in [0.1, 0.15) is 24.1 Å². The van der Waals surface area contributed by atoms with Crippen LogP contribution in [0, 0.1) is 12.8 Å². The van der Waals surface area contributed by atoms with Crippen LogP contribution in [0.25, 0.3) is 6.08 Å². The lowest BCUT2D eigenvalue weighted by atomic mass is 9.97. The molecular formula is C23H27N3O4. The minimum Gasteiger partial charge on any atom is -0.497 e. The molecule has 1 unspecified atom stereocenters. The Hall–Kier alpha value is -3.35. The minimum absolute atomic E-state index is 0.107. The van der Waals surface area contributed by atoms with Crippen molar-refractivity contribution in [2.45, 2.75) is 19.8 Å². The predicted octanol–water partition coefficient (Wildman–Crippen LogP) is 3.30. The van der Waals surface area contributed by atoms with Gasteiger partial charge in [-0.15, -0.1) is 0 Å². The molecule has 2 amide bonds. The van der Waals surface area contributed by atoms with Crippen LogP contribution >= 0.6 is 0 Å². The normalized spacial score (nSPS) is 16.4. The lowest BCUT2D eigenvalue weighted by Gasteiger charge is -2.31. The first kappa shape index (κ1) is 21.4. The van der Waals surface area contributed by atoms with E-state index in [9.17, 15) is 9.59 Å². The molecule has 2 heterocycles. The number of pyridine rings is 1. The molecule has 0 spiro atoms. The van der Waals surface area contributed by atoms with Gasteiger partial charge in [-0.3, -0.25) is 9.59 Å². The smallest absolute Gasteiger partial charge is 0.246 e. The molecule has 0 bridgehead atoms. The van der Waals surface area contributed by atoms with Crippen molar-refractivity contribution in [1.29, 1.82) is 0 Å². The molecule has 7 nitrogen and oxygen atoms in total. The van der Waals surface area contributed by atoms with E-state index in [1.807, 2.05) is 25.1 Å². The zero-order valence-corrected chi connectivity index (χ0v) is 17.6. The van der Waals surface area contributed by atoms with Gasteiger partial charge in [-0.2, -0.15) is 0 Å². The van der Waals surface area contributed by atoms with E-state index in [0.29, 0.717) is 30.4 Å². The van der Waals surface area contributed by atoms with Crippen molar-refractivity contribution >= 4 is 23.7 Å². The number of likely N-dealkylation sites (tertiary alicyclic amines) is 1. The summed E-state index contributed by atoms with van der Waals surface area (Å²) in [7, 11) is 3.17. The Bertz CT molecular complexity index is 942. The van der Waals surface area contributed by atoms with E-state index in [1.165, 1.54) is 6.08 Å². The number of nitrogens with zero attached hydrogens (tertiary/aromatic N) is 2. The first-order chi connectivity index (χ1) is 14.5. The van der Waals surface area contributed by atoms with Crippen LogP contribution in [-0.4, -0.2) is 49.0 Å². The number of anilines is 1. The van der Waals surface area contributed by atoms with E-state index in [1.54, 1.807) is 43.4 Å². The summed E-state index contributed by atoms with van der Waals surface area (Å²) in [4.78, 5) is 31.4. The fourth-order valence-corrected chi connectivity index (χ4v) is 3.47. The molecule has 158 valence electrons. The van der Waals surface area contributed by atoms with Crippen LogP contribution in [-0.2, 0) is 9.59 Å². The van der Waals surface area contributed by atoms with Crippen LogP contribution in [0.2, 0.25) is 0 Å². The molecule has 3 rings (SSSR count). The number of hydrogen-bond acceptors (Lipinski definition) is 5. The second kappa shape index (κ2) is 9.91. The lowest BCUT2D eigenvalue weighted by Crippen LogP contribution is -2.43. The average Bonchev–Trinajstić information content (AvgIpc) is 2.77. The van der Waals surface area contributed by atoms with Crippen LogP contribution in [0.15, 0.2) is 42.5 Å². The van der Waals surface area contributed by atoms with Gasteiger partial charge in [0.1, 0.15) is 17.3 Å². The number of methoxy groups -OCH3 is 2. The van der Waals surface area contributed by atoms with Gasteiger partial charge < -0.3 is 19.7 Å². The fraction of sp³-hybridized carbons (Fsp3) is 0.348. The Kier molecular flexibility index (Phi) is 7.06. The van der Waals surface area contributed by atoms with Crippen LogP contribution in [0.5, 0.6) is 11.5 Å². The second-order valence-electron chi connectivity index (χ2n) is 7.22.